The molecule has 0 fully saturated rings. The number of carbonyl (C=O) groups is 1. The van der Waals surface area contributed by atoms with Gasteiger partial charge in [0.15, 0.2) is 12.4 Å². The number of nitrogens with zero attached hydrogens (tertiary/aromatic N) is 1. The van der Waals surface area contributed by atoms with Crippen molar-refractivity contribution in [3.8, 4) is 5.75 Å². The van der Waals surface area contributed by atoms with Crippen LogP contribution in [0.15, 0.2) is 18.2 Å². The van der Waals surface area contributed by atoms with Crippen LogP contribution in [0.3, 0.4) is 0 Å². The van der Waals surface area contributed by atoms with Crippen LogP contribution in [-0.4, -0.2) is 31.2 Å². The standard InChI is InChI=1S/C14H20N2O5/c1-10(2)7-15-8-11-4-5-13(12(6-11)16(18)19)21-9-14(17)20-3/h4-6,10,15H,7-9H2,1-3H3. The maximum absolute atomic E-state index is 11.1. The zero-order valence-electron chi connectivity index (χ0n) is 12.4. The topological polar surface area (TPSA) is 90.7 Å². The smallest absolute Gasteiger partial charge is 0.343 e. The SMILES string of the molecule is COC(=O)COc1ccc(CNCC(C)C)cc1[N+](=O)[O-]. The van der Waals surface area contributed by atoms with Gasteiger partial charge in [-0.2, -0.15) is 0 Å². The maximum Gasteiger partial charge on any atom is 0.343 e. The molecule has 0 atom stereocenters. The molecule has 0 radical (unpaired) electrons. The summed E-state index contributed by atoms with van der Waals surface area (Å²) in [5.41, 5.74) is 0.621. The number of ether oxygens (including phenoxy) is 2. The number of hydrogen-bond donors (Lipinski definition) is 1. The van der Waals surface area contributed by atoms with E-state index in [0.29, 0.717) is 12.5 Å². The van der Waals surface area contributed by atoms with E-state index in [2.05, 4.69) is 23.9 Å². The molecule has 0 aliphatic heterocycles. The lowest BCUT2D eigenvalue weighted by Gasteiger charge is -2.09. The molecule has 0 aliphatic rings. The molecule has 0 saturated heterocycles. The van der Waals surface area contributed by atoms with Gasteiger partial charge in [-0.05, 0) is 24.1 Å². The van der Waals surface area contributed by atoms with Crippen LogP contribution >= 0.6 is 0 Å². The highest BCUT2D eigenvalue weighted by molar-refractivity contribution is 5.71. The van der Waals surface area contributed by atoms with E-state index < -0.39 is 10.9 Å². The van der Waals surface area contributed by atoms with Crippen LogP contribution < -0.4 is 10.1 Å². The third kappa shape index (κ3) is 5.78. The molecule has 7 nitrogen and oxygen atoms in total. The van der Waals surface area contributed by atoms with Crippen molar-refractivity contribution in [2.45, 2.75) is 20.4 Å². The highest BCUT2D eigenvalue weighted by atomic mass is 16.6. The van der Waals surface area contributed by atoms with E-state index in [9.17, 15) is 14.9 Å². The Hall–Kier alpha value is -2.15. The van der Waals surface area contributed by atoms with E-state index in [1.165, 1.54) is 19.2 Å². The average Bonchev–Trinajstić information content (AvgIpc) is 2.44. The predicted octanol–water partition coefficient (Wildman–Crippen LogP) is 1.89. The summed E-state index contributed by atoms with van der Waals surface area (Å²) in [6, 6.07) is 4.67. The van der Waals surface area contributed by atoms with Crippen LogP contribution in [0.2, 0.25) is 0 Å². The van der Waals surface area contributed by atoms with Crippen molar-refractivity contribution in [3.05, 3.63) is 33.9 Å². The van der Waals surface area contributed by atoms with Crippen LogP contribution in [-0.2, 0) is 16.1 Å². The second kappa shape index (κ2) is 8.21. The summed E-state index contributed by atoms with van der Waals surface area (Å²) < 4.78 is 9.54. The lowest BCUT2D eigenvalue weighted by atomic mass is 10.1. The fraction of sp³-hybridized carbons (Fsp3) is 0.500. The van der Waals surface area contributed by atoms with Crippen molar-refractivity contribution in [1.82, 2.24) is 5.32 Å². The minimum absolute atomic E-state index is 0.0537. The first kappa shape index (κ1) is 16.9. The van der Waals surface area contributed by atoms with Crippen LogP contribution in [0.1, 0.15) is 19.4 Å². The number of nitro groups is 1. The van der Waals surface area contributed by atoms with Gasteiger partial charge >= 0.3 is 11.7 Å². The first-order chi connectivity index (χ1) is 9.93. The Balaban J connectivity index is 2.76. The summed E-state index contributed by atoms with van der Waals surface area (Å²) in [6.45, 7) is 5.17. The molecule has 0 heterocycles. The molecule has 1 N–H and O–H groups in total. The molecule has 21 heavy (non-hydrogen) atoms. The van der Waals surface area contributed by atoms with Gasteiger partial charge in [0.2, 0.25) is 0 Å². The molecule has 0 saturated carbocycles. The van der Waals surface area contributed by atoms with Crippen LogP contribution in [0.5, 0.6) is 5.75 Å². The summed E-state index contributed by atoms with van der Waals surface area (Å²) in [7, 11) is 1.23. The zero-order valence-corrected chi connectivity index (χ0v) is 12.4. The van der Waals surface area contributed by atoms with E-state index in [1.54, 1.807) is 6.07 Å². The highest BCUT2D eigenvalue weighted by Crippen LogP contribution is 2.28. The average molecular weight is 296 g/mol. The van der Waals surface area contributed by atoms with Crippen LogP contribution in [0.4, 0.5) is 5.69 Å². The highest BCUT2D eigenvalue weighted by Gasteiger charge is 2.17. The lowest BCUT2D eigenvalue weighted by molar-refractivity contribution is -0.385. The van der Waals surface area contributed by atoms with Gasteiger partial charge in [-0.25, -0.2) is 4.79 Å². The van der Waals surface area contributed by atoms with Crippen LogP contribution in [0, 0.1) is 16.0 Å². The molecule has 0 aromatic heterocycles. The molecular formula is C14H20N2O5. The van der Waals surface area contributed by atoms with E-state index in [0.717, 1.165) is 12.1 Å². The largest absolute Gasteiger partial charge is 0.475 e. The van der Waals surface area contributed by atoms with Crippen molar-refractivity contribution >= 4 is 11.7 Å². The molecule has 1 aromatic carbocycles. The van der Waals surface area contributed by atoms with Crippen molar-refractivity contribution in [3.63, 3.8) is 0 Å². The van der Waals surface area contributed by atoms with Gasteiger partial charge in [0.05, 0.1) is 12.0 Å². The quantitative estimate of drug-likeness (QED) is 0.447. The Labute approximate surface area is 123 Å². The van der Waals surface area contributed by atoms with Crippen molar-refractivity contribution in [2.24, 2.45) is 5.92 Å². The third-order valence-corrected chi connectivity index (χ3v) is 2.67. The Morgan fingerprint density at radius 3 is 2.71 bits per heavy atom. The number of carbonyl (C=O) groups excluding carboxylic acids is 1. The number of rotatable bonds is 8. The van der Waals surface area contributed by atoms with Gasteiger partial charge in [-0.1, -0.05) is 19.9 Å². The van der Waals surface area contributed by atoms with E-state index in [1.807, 2.05) is 0 Å². The Kier molecular flexibility index (Phi) is 6.61. The van der Waals surface area contributed by atoms with Gasteiger partial charge in [0.1, 0.15) is 0 Å². The van der Waals surface area contributed by atoms with Gasteiger partial charge in [0.25, 0.3) is 0 Å². The molecule has 0 spiro atoms. The second-order valence-corrected chi connectivity index (χ2v) is 4.95. The molecule has 0 bridgehead atoms. The minimum Gasteiger partial charge on any atom is -0.475 e. The molecule has 1 aromatic rings. The summed E-state index contributed by atoms with van der Waals surface area (Å²) >= 11 is 0. The fourth-order valence-corrected chi connectivity index (χ4v) is 1.64. The number of hydrogen-bond acceptors (Lipinski definition) is 6. The van der Waals surface area contributed by atoms with Gasteiger partial charge in [-0.15, -0.1) is 0 Å². The summed E-state index contributed by atoms with van der Waals surface area (Å²) in [5, 5.41) is 14.3. The molecule has 7 heteroatoms. The summed E-state index contributed by atoms with van der Waals surface area (Å²) in [4.78, 5) is 21.5. The molecular weight excluding hydrogens is 276 g/mol. The van der Waals surface area contributed by atoms with Crippen molar-refractivity contribution in [1.29, 1.82) is 0 Å². The van der Waals surface area contributed by atoms with E-state index in [-0.39, 0.29) is 18.0 Å². The molecule has 1 rings (SSSR count). The first-order valence-corrected chi connectivity index (χ1v) is 6.61. The van der Waals surface area contributed by atoms with E-state index in [4.69, 9.17) is 4.74 Å². The van der Waals surface area contributed by atoms with Crippen LogP contribution in [0.25, 0.3) is 0 Å². The second-order valence-electron chi connectivity index (χ2n) is 4.95. The van der Waals surface area contributed by atoms with Gasteiger partial charge in [-0.3, -0.25) is 10.1 Å². The van der Waals surface area contributed by atoms with Crippen molar-refractivity contribution < 1.29 is 19.2 Å². The van der Waals surface area contributed by atoms with Crippen molar-refractivity contribution in [2.75, 3.05) is 20.3 Å². The molecule has 0 amide bonds. The summed E-state index contributed by atoms with van der Waals surface area (Å²) in [5.74, 6) is -0.0346. The monoisotopic (exact) mass is 296 g/mol. The minimum atomic E-state index is -0.591. The summed E-state index contributed by atoms with van der Waals surface area (Å²) in [6.07, 6.45) is 0. The maximum atomic E-state index is 11.1. The first-order valence-electron chi connectivity index (χ1n) is 6.61. The number of nitrogens with one attached hydrogen (secondary N) is 1. The van der Waals surface area contributed by atoms with Gasteiger partial charge in [0, 0.05) is 12.6 Å². The fourth-order valence-electron chi connectivity index (χ4n) is 1.64. The number of nitro benzene ring substituents is 1. The number of benzene rings is 1. The predicted molar refractivity (Wildman–Crippen MR) is 77.2 cm³/mol. The Bertz CT molecular complexity index is 502. The number of esters is 1. The van der Waals surface area contributed by atoms with Gasteiger partial charge < -0.3 is 14.8 Å². The number of methoxy groups -OCH3 is 1. The lowest BCUT2D eigenvalue weighted by Crippen LogP contribution is -2.19. The zero-order chi connectivity index (χ0) is 15.8. The van der Waals surface area contributed by atoms with E-state index >= 15 is 0 Å². The normalized spacial score (nSPS) is 10.5. The Morgan fingerprint density at radius 1 is 1.43 bits per heavy atom. The molecule has 0 aliphatic carbocycles. The molecule has 116 valence electrons. The Morgan fingerprint density at radius 2 is 2.14 bits per heavy atom. The third-order valence-electron chi connectivity index (χ3n) is 2.67. The molecule has 0 unspecified atom stereocenters.